The van der Waals surface area contributed by atoms with Crippen LogP contribution in [0.3, 0.4) is 0 Å². The number of alkyl carbamates (subject to hydrolysis) is 1. The summed E-state index contributed by atoms with van der Waals surface area (Å²) in [6.45, 7) is 10.7. The highest BCUT2D eigenvalue weighted by atomic mass is 16.6. The van der Waals surface area contributed by atoms with Crippen LogP contribution in [0, 0.1) is 10.1 Å². The Morgan fingerprint density at radius 2 is 1.93 bits per heavy atom. The third kappa shape index (κ3) is 7.42. The SMILES string of the molecule is CC(C)(C)OC(=O)NCCCCN1CCN(c2cccc([N+](=O)[O-])c2)CC1. The molecule has 8 nitrogen and oxygen atoms in total. The van der Waals surface area contributed by atoms with E-state index >= 15 is 0 Å². The summed E-state index contributed by atoms with van der Waals surface area (Å²) in [5.41, 5.74) is 0.570. The van der Waals surface area contributed by atoms with E-state index in [2.05, 4.69) is 15.1 Å². The Kier molecular flexibility index (Phi) is 7.41. The number of hydrogen-bond donors (Lipinski definition) is 1. The van der Waals surface area contributed by atoms with E-state index in [4.69, 9.17) is 4.74 Å². The van der Waals surface area contributed by atoms with Crippen LogP contribution in [0.15, 0.2) is 24.3 Å². The predicted molar refractivity (Wildman–Crippen MR) is 105 cm³/mol. The van der Waals surface area contributed by atoms with Gasteiger partial charge in [0.25, 0.3) is 5.69 Å². The highest BCUT2D eigenvalue weighted by molar-refractivity contribution is 5.67. The number of nitrogens with zero attached hydrogens (tertiary/aromatic N) is 3. The minimum Gasteiger partial charge on any atom is -0.444 e. The number of non-ortho nitro benzene ring substituents is 1. The number of nitrogens with one attached hydrogen (secondary N) is 1. The van der Waals surface area contributed by atoms with Gasteiger partial charge in [0.1, 0.15) is 5.60 Å². The lowest BCUT2D eigenvalue weighted by Gasteiger charge is -2.36. The van der Waals surface area contributed by atoms with Gasteiger partial charge >= 0.3 is 6.09 Å². The van der Waals surface area contributed by atoms with E-state index < -0.39 is 5.60 Å². The standard InChI is InChI=1S/C19H30N4O4/c1-19(2,3)27-18(24)20-9-4-5-10-21-11-13-22(14-12-21)16-7-6-8-17(15-16)23(25)26/h6-8,15H,4-5,9-14H2,1-3H3,(H,20,24). The highest BCUT2D eigenvalue weighted by Gasteiger charge is 2.19. The molecule has 0 bridgehead atoms. The van der Waals surface area contributed by atoms with Gasteiger partial charge in [0, 0.05) is 50.5 Å². The van der Waals surface area contributed by atoms with E-state index in [1.807, 2.05) is 26.8 Å². The largest absolute Gasteiger partial charge is 0.444 e. The molecule has 1 amide bonds. The van der Waals surface area contributed by atoms with Crippen molar-refractivity contribution in [2.24, 2.45) is 0 Å². The van der Waals surface area contributed by atoms with Crippen molar-refractivity contribution in [3.8, 4) is 0 Å². The first kappa shape index (κ1) is 21.0. The maximum Gasteiger partial charge on any atom is 0.407 e. The second-order valence-electron chi connectivity index (χ2n) is 7.74. The Bertz CT molecular complexity index is 637. The Hall–Kier alpha value is -2.35. The molecule has 1 aliphatic rings. The van der Waals surface area contributed by atoms with Crippen LogP contribution in [0.1, 0.15) is 33.6 Å². The number of nitro benzene ring substituents is 1. The van der Waals surface area contributed by atoms with Crippen LogP contribution in [0.25, 0.3) is 0 Å². The molecule has 0 saturated carbocycles. The first-order valence-corrected chi connectivity index (χ1v) is 9.43. The fourth-order valence-electron chi connectivity index (χ4n) is 3.00. The molecule has 0 aromatic heterocycles. The minimum atomic E-state index is -0.469. The maximum atomic E-state index is 11.6. The number of benzene rings is 1. The first-order valence-electron chi connectivity index (χ1n) is 9.43. The summed E-state index contributed by atoms with van der Waals surface area (Å²) in [5, 5.41) is 13.7. The summed E-state index contributed by atoms with van der Waals surface area (Å²) in [7, 11) is 0. The molecular weight excluding hydrogens is 348 g/mol. The van der Waals surface area contributed by atoms with E-state index in [1.54, 1.807) is 12.1 Å². The monoisotopic (exact) mass is 378 g/mol. The van der Waals surface area contributed by atoms with Crippen LogP contribution in [0.4, 0.5) is 16.2 Å². The molecule has 1 aliphatic heterocycles. The molecule has 1 N–H and O–H groups in total. The zero-order chi connectivity index (χ0) is 19.9. The first-order chi connectivity index (χ1) is 12.7. The number of ether oxygens (including phenoxy) is 1. The molecule has 1 aromatic carbocycles. The van der Waals surface area contributed by atoms with E-state index in [0.717, 1.165) is 51.3 Å². The van der Waals surface area contributed by atoms with Crippen molar-refractivity contribution in [2.75, 3.05) is 44.2 Å². The van der Waals surface area contributed by atoms with Gasteiger partial charge in [-0.15, -0.1) is 0 Å². The van der Waals surface area contributed by atoms with Gasteiger partial charge in [0.2, 0.25) is 0 Å². The van der Waals surface area contributed by atoms with Crippen LogP contribution < -0.4 is 10.2 Å². The number of unbranched alkanes of at least 4 members (excludes halogenated alkanes) is 1. The molecule has 1 aromatic rings. The van der Waals surface area contributed by atoms with Crippen molar-refractivity contribution in [1.29, 1.82) is 0 Å². The second-order valence-corrected chi connectivity index (χ2v) is 7.74. The van der Waals surface area contributed by atoms with Gasteiger partial charge in [0.15, 0.2) is 0 Å². The lowest BCUT2D eigenvalue weighted by atomic mass is 10.2. The van der Waals surface area contributed by atoms with E-state index in [1.165, 1.54) is 6.07 Å². The summed E-state index contributed by atoms with van der Waals surface area (Å²) >= 11 is 0. The van der Waals surface area contributed by atoms with Crippen molar-refractivity contribution in [3.63, 3.8) is 0 Å². The normalized spacial score (nSPS) is 15.4. The average Bonchev–Trinajstić information content (AvgIpc) is 2.60. The predicted octanol–water partition coefficient (Wildman–Crippen LogP) is 3.02. The van der Waals surface area contributed by atoms with E-state index in [9.17, 15) is 14.9 Å². The van der Waals surface area contributed by atoms with Crippen molar-refractivity contribution in [1.82, 2.24) is 10.2 Å². The number of rotatable bonds is 7. The molecular formula is C19H30N4O4. The highest BCUT2D eigenvalue weighted by Crippen LogP contribution is 2.22. The molecule has 1 fully saturated rings. The van der Waals surface area contributed by atoms with Crippen LogP contribution in [-0.2, 0) is 4.74 Å². The smallest absolute Gasteiger partial charge is 0.407 e. The Balaban J connectivity index is 1.63. The number of carbonyl (C=O) groups is 1. The van der Waals surface area contributed by atoms with E-state index in [-0.39, 0.29) is 16.7 Å². The molecule has 2 rings (SSSR count). The van der Waals surface area contributed by atoms with E-state index in [0.29, 0.717) is 6.54 Å². The third-order valence-electron chi connectivity index (χ3n) is 4.35. The molecule has 0 unspecified atom stereocenters. The van der Waals surface area contributed by atoms with Gasteiger partial charge in [-0.2, -0.15) is 0 Å². The number of piperazine rings is 1. The van der Waals surface area contributed by atoms with Gasteiger partial charge in [-0.25, -0.2) is 4.79 Å². The van der Waals surface area contributed by atoms with Crippen molar-refractivity contribution < 1.29 is 14.5 Å². The zero-order valence-electron chi connectivity index (χ0n) is 16.4. The molecule has 1 heterocycles. The summed E-state index contributed by atoms with van der Waals surface area (Å²) < 4.78 is 5.20. The second kappa shape index (κ2) is 9.55. The maximum absolute atomic E-state index is 11.6. The molecule has 0 atom stereocenters. The fourth-order valence-corrected chi connectivity index (χ4v) is 3.00. The zero-order valence-corrected chi connectivity index (χ0v) is 16.4. The summed E-state index contributed by atoms with van der Waals surface area (Å²) in [6.07, 6.45) is 1.55. The summed E-state index contributed by atoms with van der Waals surface area (Å²) in [4.78, 5) is 26.7. The van der Waals surface area contributed by atoms with Crippen molar-refractivity contribution in [2.45, 2.75) is 39.2 Å². The lowest BCUT2D eigenvalue weighted by molar-refractivity contribution is -0.384. The number of anilines is 1. The topological polar surface area (TPSA) is 88.0 Å². The number of hydrogen-bond acceptors (Lipinski definition) is 6. The van der Waals surface area contributed by atoms with Gasteiger partial charge in [-0.05, 0) is 46.2 Å². The van der Waals surface area contributed by atoms with Gasteiger partial charge in [0.05, 0.1) is 4.92 Å². The summed E-state index contributed by atoms with van der Waals surface area (Å²) in [6, 6.07) is 6.81. The van der Waals surface area contributed by atoms with Gasteiger partial charge < -0.3 is 15.0 Å². The van der Waals surface area contributed by atoms with Crippen LogP contribution in [0.2, 0.25) is 0 Å². The third-order valence-corrected chi connectivity index (χ3v) is 4.35. The number of carbonyl (C=O) groups excluding carboxylic acids is 1. The van der Waals surface area contributed by atoms with Gasteiger partial charge in [-0.3, -0.25) is 15.0 Å². The molecule has 8 heteroatoms. The van der Waals surface area contributed by atoms with Crippen LogP contribution in [0.5, 0.6) is 0 Å². The number of nitro groups is 1. The van der Waals surface area contributed by atoms with Crippen LogP contribution in [-0.4, -0.2) is 60.8 Å². The molecule has 150 valence electrons. The average molecular weight is 378 g/mol. The summed E-state index contributed by atoms with van der Waals surface area (Å²) in [5.74, 6) is 0. The van der Waals surface area contributed by atoms with Gasteiger partial charge in [-0.1, -0.05) is 6.07 Å². The minimum absolute atomic E-state index is 0.132. The molecule has 27 heavy (non-hydrogen) atoms. The fraction of sp³-hybridized carbons (Fsp3) is 0.632. The van der Waals surface area contributed by atoms with Crippen molar-refractivity contribution in [3.05, 3.63) is 34.4 Å². The molecule has 0 spiro atoms. The van der Waals surface area contributed by atoms with Crippen LogP contribution >= 0.6 is 0 Å². The number of amides is 1. The Morgan fingerprint density at radius 3 is 2.56 bits per heavy atom. The molecule has 0 aliphatic carbocycles. The molecule has 0 radical (unpaired) electrons. The molecule has 1 saturated heterocycles. The van der Waals surface area contributed by atoms with Crippen molar-refractivity contribution >= 4 is 17.5 Å². The quantitative estimate of drug-likeness (QED) is 0.446. The Labute approximate surface area is 160 Å². The lowest BCUT2D eigenvalue weighted by Crippen LogP contribution is -2.46. The Morgan fingerprint density at radius 1 is 1.22 bits per heavy atom.